The number of sulfone groups is 1. The molecular formula is C22H19NO2S. The van der Waals surface area contributed by atoms with E-state index in [4.69, 9.17) is 0 Å². The largest absolute Gasteiger partial charge is 0.343 e. The predicted molar refractivity (Wildman–Crippen MR) is 105 cm³/mol. The molecule has 0 saturated carbocycles. The summed E-state index contributed by atoms with van der Waals surface area (Å²) in [5, 5.41) is 1.15. The van der Waals surface area contributed by atoms with Gasteiger partial charge in [-0.1, -0.05) is 66.7 Å². The number of hydrogen-bond donors (Lipinski definition) is 0. The van der Waals surface area contributed by atoms with Crippen LogP contribution in [-0.2, 0) is 22.1 Å². The summed E-state index contributed by atoms with van der Waals surface area (Å²) in [6.45, 7) is 0.526. The Bertz CT molecular complexity index is 1140. The van der Waals surface area contributed by atoms with Gasteiger partial charge in [-0.05, 0) is 34.7 Å². The van der Waals surface area contributed by atoms with Gasteiger partial charge >= 0.3 is 0 Å². The molecule has 26 heavy (non-hydrogen) atoms. The Kier molecular flexibility index (Phi) is 4.35. The summed E-state index contributed by atoms with van der Waals surface area (Å²) in [4.78, 5) is 0.404. The summed E-state index contributed by atoms with van der Waals surface area (Å²) in [6, 6.07) is 26.8. The highest BCUT2D eigenvalue weighted by molar-refractivity contribution is 7.90. The lowest BCUT2D eigenvalue weighted by molar-refractivity contribution is 0.593. The van der Waals surface area contributed by atoms with Gasteiger partial charge in [0.15, 0.2) is 9.84 Å². The van der Waals surface area contributed by atoms with E-state index in [-0.39, 0.29) is 5.75 Å². The van der Waals surface area contributed by atoms with E-state index in [0.29, 0.717) is 11.4 Å². The molecular weight excluding hydrogens is 342 g/mol. The average molecular weight is 361 g/mol. The SMILES string of the molecule is O=S(=O)(Cc1ccccc1)c1ccccc1Cn1ccc2ccccc21. The average Bonchev–Trinajstić information content (AvgIpc) is 3.06. The van der Waals surface area contributed by atoms with Crippen LogP contribution < -0.4 is 0 Å². The molecule has 0 aliphatic rings. The topological polar surface area (TPSA) is 39.1 Å². The summed E-state index contributed by atoms with van der Waals surface area (Å²) < 4.78 is 28.1. The highest BCUT2D eigenvalue weighted by Crippen LogP contribution is 2.23. The molecule has 1 aromatic heterocycles. The number of para-hydroxylation sites is 1. The van der Waals surface area contributed by atoms with Gasteiger partial charge in [-0.15, -0.1) is 0 Å². The van der Waals surface area contributed by atoms with Crippen molar-refractivity contribution in [3.8, 4) is 0 Å². The standard InChI is InChI=1S/C22H19NO2S/c24-26(25,17-18-8-2-1-3-9-18)22-13-7-5-11-20(22)16-23-15-14-19-10-4-6-12-21(19)23/h1-15H,16-17H2. The first-order valence-electron chi connectivity index (χ1n) is 8.52. The molecule has 3 aromatic carbocycles. The maximum absolute atomic E-state index is 13.0. The molecule has 0 amide bonds. The quantitative estimate of drug-likeness (QED) is 0.518. The molecule has 0 unspecified atom stereocenters. The molecule has 0 atom stereocenters. The maximum Gasteiger partial charge on any atom is 0.182 e. The smallest absolute Gasteiger partial charge is 0.182 e. The second kappa shape index (κ2) is 6.81. The number of hydrogen-bond acceptors (Lipinski definition) is 2. The molecule has 0 bridgehead atoms. The van der Waals surface area contributed by atoms with Crippen LogP contribution in [0.5, 0.6) is 0 Å². The summed E-state index contributed by atoms with van der Waals surface area (Å²) in [5.41, 5.74) is 2.71. The molecule has 4 aromatic rings. The van der Waals surface area contributed by atoms with Crippen molar-refractivity contribution in [2.24, 2.45) is 0 Å². The van der Waals surface area contributed by atoms with E-state index in [2.05, 4.69) is 22.8 Å². The van der Waals surface area contributed by atoms with Crippen LogP contribution in [0.15, 0.2) is 96.0 Å². The fourth-order valence-corrected chi connectivity index (χ4v) is 4.88. The van der Waals surface area contributed by atoms with Gasteiger partial charge in [0, 0.05) is 18.3 Å². The van der Waals surface area contributed by atoms with Crippen LogP contribution in [0, 0.1) is 0 Å². The molecule has 130 valence electrons. The van der Waals surface area contributed by atoms with Crippen LogP contribution in [0.4, 0.5) is 0 Å². The van der Waals surface area contributed by atoms with Gasteiger partial charge in [0.05, 0.1) is 10.6 Å². The third kappa shape index (κ3) is 3.28. The molecule has 4 rings (SSSR count). The van der Waals surface area contributed by atoms with Crippen LogP contribution in [-0.4, -0.2) is 13.0 Å². The number of fused-ring (bicyclic) bond motifs is 1. The Hall–Kier alpha value is -2.85. The Morgan fingerprint density at radius 1 is 0.731 bits per heavy atom. The number of rotatable bonds is 5. The van der Waals surface area contributed by atoms with E-state index in [9.17, 15) is 8.42 Å². The van der Waals surface area contributed by atoms with Gasteiger partial charge in [-0.2, -0.15) is 0 Å². The van der Waals surface area contributed by atoms with E-state index in [1.807, 2.05) is 60.8 Å². The van der Waals surface area contributed by atoms with Gasteiger partial charge in [0.25, 0.3) is 0 Å². The van der Waals surface area contributed by atoms with Crippen molar-refractivity contribution in [3.63, 3.8) is 0 Å². The van der Waals surface area contributed by atoms with Gasteiger partial charge in [0.2, 0.25) is 0 Å². The van der Waals surface area contributed by atoms with E-state index < -0.39 is 9.84 Å². The normalized spacial score (nSPS) is 11.7. The maximum atomic E-state index is 13.0. The first-order valence-corrected chi connectivity index (χ1v) is 10.2. The molecule has 0 saturated heterocycles. The zero-order chi connectivity index (χ0) is 18.0. The van der Waals surface area contributed by atoms with Crippen molar-refractivity contribution in [1.29, 1.82) is 0 Å². The van der Waals surface area contributed by atoms with E-state index in [0.717, 1.165) is 22.0 Å². The zero-order valence-corrected chi connectivity index (χ0v) is 15.1. The van der Waals surface area contributed by atoms with Crippen molar-refractivity contribution >= 4 is 20.7 Å². The van der Waals surface area contributed by atoms with Crippen LogP contribution in [0.1, 0.15) is 11.1 Å². The molecule has 0 spiro atoms. The number of benzene rings is 3. The fraction of sp³-hybridized carbons (Fsp3) is 0.0909. The van der Waals surface area contributed by atoms with Gasteiger partial charge in [0.1, 0.15) is 0 Å². The van der Waals surface area contributed by atoms with E-state index in [1.165, 1.54) is 0 Å². The van der Waals surface area contributed by atoms with Crippen molar-refractivity contribution < 1.29 is 8.42 Å². The minimum Gasteiger partial charge on any atom is -0.343 e. The van der Waals surface area contributed by atoms with Gasteiger partial charge in [-0.3, -0.25) is 0 Å². The molecule has 0 aliphatic carbocycles. The lowest BCUT2D eigenvalue weighted by Gasteiger charge is -2.12. The number of nitrogens with zero attached hydrogens (tertiary/aromatic N) is 1. The zero-order valence-electron chi connectivity index (χ0n) is 14.2. The fourth-order valence-electron chi connectivity index (χ4n) is 3.27. The molecule has 0 aliphatic heterocycles. The highest BCUT2D eigenvalue weighted by atomic mass is 32.2. The van der Waals surface area contributed by atoms with Crippen molar-refractivity contribution in [2.75, 3.05) is 0 Å². The molecule has 3 nitrogen and oxygen atoms in total. The van der Waals surface area contributed by atoms with Crippen LogP contribution in [0.3, 0.4) is 0 Å². The summed E-state index contributed by atoms with van der Waals surface area (Å²) in [7, 11) is -3.41. The minimum absolute atomic E-state index is 0.0112. The van der Waals surface area contributed by atoms with Crippen molar-refractivity contribution in [1.82, 2.24) is 4.57 Å². The molecule has 1 heterocycles. The minimum atomic E-state index is -3.41. The summed E-state index contributed by atoms with van der Waals surface area (Å²) in [5.74, 6) is 0.0112. The second-order valence-electron chi connectivity index (χ2n) is 6.35. The third-order valence-corrected chi connectivity index (χ3v) is 6.31. The number of aromatic nitrogens is 1. The Morgan fingerprint density at radius 2 is 1.42 bits per heavy atom. The molecule has 4 heteroatoms. The second-order valence-corrected chi connectivity index (χ2v) is 8.31. The Balaban J connectivity index is 1.71. The van der Waals surface area contributed by atoms with Crippen molar-refractivity contribution in [3.05, 3.63) is 102 Å². The predicted octanol–water partition coefficient (Wildman–Crippen LogP) is 4.66. The van der Waals surface area contributed by atoms with Crippen molar-refractivity contribution in [2.45, 2.75) is 17.2 Å². The van der Waals surface area contributed by atoms with Crippen LogP contribution in [0.2, 0.25) is 0 Å². The molecule has 0 fully saturated rings. The monoisotopic (exact) mass is 361 g/mol. The Labute approximate surface area is 153 Å². The lowest BCUT2D eigenvalue weighted by atomic mass is 10.2. The van der Waals surface area contributed by atoms with Gasteiger partial charge in [-0.25, -0.2) is 8.42 Å². The molecule has 0 radical (unpaired) electrons. The Morgan fingerprint density at radius 3 is 2.27 bits per heavy atom. The molecule has 0 N–H and O–H groups in total. The highest BCUT2D eigenvalue weighted by Gasteiger charge is 2.19. The van der Waals surface area contributed by atoms with E-state index in [1.54, 1.807) is 12.1 Å². The lowest BCUT2D eigenvalue weighted by Crippen LogP contribution is -2.10. The van der Waals surface area contributed by atoms with E-state index >= 15 is 0 Å². The summed E-state index contributed by atoms with van der Waals surface area (Å²) in [6.07, 6.45) is 2.01. The summed E-state index contributed by atoms with van der Waals surface area (Å²) >= 11 is 0. The van der Waals surface area contributed by atoms with Crippen LogP contribution >= 0.6 is 0 Å². The van der Waals surface area contributed by atoms with Crippen LogP contribution in [0.25, 0.3) is 10.9 Å². The van der Waals surface area contributed by atoms with Gasteiger partial charge < -0.3 is 4.57 Å². The first-order chi connectivity index (χ1) is 12.6. The first kappa shape index (κ1) is 16.6. The third-order valence-electron chi connectivity index (χ3n) is 4.53.